The Morgan fingerprint density at radius 2 is 1.87 bits per heavy atom. The van der Waals surface area contributed by atoms with Crippen LogP contribution in [0.25, 0.3) is 0 Å². The number of sulfonamides is 1. The Morgan fingerprint density at radius 3 is 2.57 bits per heavy atom. The molecule has 2 aromatic carbocycles. The van der Waals surface area contributed by atoms with Gasteiger partial charge in [0.2, 0.25) is 15.9 Å². The third-order valence-corrected chi connectivity index (χ3v) is 7.54. The molecule has 156 valence electrons. The molecular formula is C22H22FN3O3S. The van der Waals surface area contributed by atoms with Crippen molar-refractivity contribution in [1.29, 1.82) is 0 Å². The second kappa shape index (κ2) is 6.46. The zero-order valence-electron chi connectivity index (χ0n) is 16.7. The number of primary sulfonamides is 1. The second-order valence-corrected chi connectivity index (χ2v) is 10.4. The molecule has 1 heterocycles. The van der Waals surface area contributed by atoms with Gasteiger partial charge < -0.3 is 4.52 Å². The van der Waals surface area contributed by atoms with Gasteiger partial charge in [-0.1, -0.05) is 37.2 Å². The molecule has 2 aliphatic carbocycles. The molecule has 3 aromatic rings. The minimum Gasteiger partial charge on any atom is -0.339 e. The summed E-state index contributed by atoms with van der Waals surface area (Å²) in [5, 5.41) is 9.46. The maximum atomic E-state index is 13.5. The first-order valence-electron chi connectivity index (χ1n) is 9.91. The largest absolute Gasteiger partial charge is 0.339 e. The molecule has 5 rings (SSSR count). The van der Waals surface area contributed by atoms with E-state index in [-0.39, 0.29) is 33.9 Å². The minimum absolute atomic E-state index is 0.00351. The number of halogens is 1. The zero-order chi connectivity index (χ0) is 21.3. The monoisotopic (exact) mass is 427 g/mol. The Balaban J connectivity index is 1.41. The van der Waals surface area contributed by atoms with Crippen molar-refractivity contribution in [2.24, 2.45) is 10.6 Å². The number of nitrogens with two attached hydrogens (primary N) is 1. The third kappa shape index (κ3) is 3.06. The van der Waals surface area contributed by atoms with Crippen LogP contribution in [-0.4, -0.2) is 18.6 Å². The third-order valence-electron chi connectivity index (χ3n) is 6.61. The Bertz CT molecular complexity index is 1230. The molecule has 8 heteroatoms. The standard InChI is InChI=1S/C22H22FN3O3S/c1-22(2)18(12-3-7-15(8-4-12)30(24,27)28)19(22)20-25-21(29-26-20)17-9-5-13-11-14(23)6-10-16(13)17/h3-4,6-8,10-11,17-19H,5,9H2,1-2H3,(H2,24,27,28). The van der Waals surface area contributed by atoms with Crippen LogP contribution in [0.2, 0.25) is 0 Å². The van der Waals surface area contributed by atoms with Crippen LogP contribution in [0.3, 0.4) is 0 Å². The second-order valence-electron chi connectivity index (χ2n) is 8.82. The maximum Gasteiger partial charge on any atom is 0.238 e. The van der Waals surface area contributed by atoms with Crippen LogP contribution >= 0.6 is 0 Å². The van der Waals surface area contributed by atoms with Crippen molar-refractivity contribution in [2.45, 2.75) is 49.3 Å². The Labute approximate surface area is 174 Å². The van der Waals surface area contributed by atoms with Gasteiger partial charge in [0.1, 0.15) is 5.82 Å². The molecule has 30 heavy (non-hydrogen) atoms. The lowest BCUT2D eigenvalue weighted by molar-refractivity contribution is 0.359. The summed E-state index contributed by atoms with van der Waals surface area (Å²) in [5.74, 6) is 1.23. The fraction of sp³-hybridized carbons (Fsp3) is 0.364. The van der Waals surface area contributed by atoms with E-state index in [1.807, 2.05) is 6.07 Å². The smallest absolute Gasteiger partial charge is 0.238 e. The number of benzene rings is 2. The van der Waals surface area contributed by atoms with Crippen molar-refractivity contribution < 1.29 is 17.3 Å². The molecule has 2 aliphatic rings. The highest BCUT2D eigenvalue weighted by atomic mass is 32.2. The van der Waals surface area contributed by atoms with E-state index in [1.54, 1.807) is 18.2 Å². The molecule has 0 amide bonds. The van der Waals surface area contributed by atoms with Crippen LogP contribution in [0.15, 0.2) is 51.9 Å². The minimum atomic E-state index is -3.72. The molecule has 1 aromatic heterocycles. The normalized spacial score (nSPS) is 24.6. The molecule has 0 spiro atoms. The Hall–Kier alpha value is -2.58. The van der Waals surface area contributed by atoms with Crippen molar-refractivity contribution in [3.8, 4) is 0 Å². The topological polar surface area (TPSA) is 99.1 Å². The van der Waals surface area contributed by atoms with Crippen molar-refractivity contribution in [3.63, 3.8) is 0 Å². The average Bonchev–Trinajstić information content (AvgIpc) is 3.06. The summed E-state index contributed by atoms with van der Waals surface area (Å²) in [5.41, 5.74) is 2.99. The molecular weight excluding hydrogens is 405 g/mol. The van der Waals surface area contributed by atoms with Crippen LogP contribution in [0.1, 0.15) is 66.4 Å². The first-order chi connectivity index (χ1) is 14.2. The van der Waals surface area contributed by atoms with Crippen LogP contribution in [0, 0.1) is 11.2 Å². The van der Waals surface area contributed by atoms with E-state index < -0.39 is 10.0 Å². The maximum absolute atomic E-state index is 13.5. The van der Waals surface area contributed by atoms with Crippen molar-refractivity contribution in [2.75, 3.05) is 0 Å². The lowest BCUT2D eigenvalue weighted by Crippen LogP contribution is -2.11. The van der Waals surface area contributed by atoms with Crippen LogP contribution < -0.4 is 5.14 Å². The summed E-state index contributed by atoms with van der Waals surface area (Å²) < 4.78 is 42.1. The van der Waals surface area contributed by atoms with Gasteiger partial charge in [-0.3, -0.25) is 0 Å². The van der Waals surface area contributed by atoms with Gasteiger partial charge in [0.25, 0.3) is 0 Å². The summed E-state index contributed by atoms with van der Waals surface area (Å²) in [6.07, 6.45) is 1.62. The summed E-state index contributed by atoms with van der Waals surface area (Å²) in [6.45, 7) is 4.28. The number of aryl methyl sites for hydroxylation is 1. The molecule has 0 bridgehead atoms. The number of aromatic nitrogens is 2. The van der Waals surface area contributed by atoms with E-state index in [0.717, 1.165) is 29.5 Å². The van der Waals surface area contributed by atoms with Gasteiger partial charge in [-0.2, -0.15) is 4.98 Å². The first-order valence-corrected chi connectivity index (χ1v) is 11.5. The van der Waals surface area contributed by atoms with Crippen LogP contribution in [0.4, 0.5) is 4.39 Å². The molecule has 0 aliphatic heterocycles. The van der Waals surface area contributed by atoms with E-state index in [4.69, 9.17) is 14.6 Å². The fourth-order valence-corrected chi connectivity index (χ4v) is 5.48. The molecule has 2 N–H and O–H groups in total. The van der Waals surface area contributed by atoms with Gasteiger partial charge in [0, 0.05) is 11.8 Å². The molecule has 3 atom stereocenters. The lowest BCUT2D eigenvalue weighted by Gasteiger charge is -2.05. The van der Waals surface area contributed by atoms with E-state index in [2.05, 4.69) is 19.0 Å². The quantitative estimate of drug-likeness (QED) is 0.682. The molecule has 1 fully saturated rings. The summed E-state index contributed by atoms with van der Waals surface area (Å²) in [7, 11) is -3.72. The van der Waals surface area contributed by atoms with Crippen molar-refractivity contribution >= 4 is 10.0 Å². The predicted molar refractivity (Wildman–Crippen MR) is 108 cm³/mol. The van der Waals surface area contributed by atoms with E-state index in [0.29, 0.717) is 11.7 Å². The highest BCUT2D eigenvalue weighted by molar-refractivity contribution is 7.89. The van der Waals surface area contributed by atoms with E-state index in [1.165, 1.54) is 18.2 Å². The van der Waals surface area contributed by atoms with Gasteiger partial charge in [0.15, 0.2) is 5.82 Å². The van der Waals surface area contributed by atoms with Gasteiger partial charge in [-0.05, 0) is 59.2 Å². The molecule has 0 radical (unpaired) electrons. The van der Waals surface area contributed by atoms with E-state index >= 15 is 0 Å². The lowest BCUT2D eigenvalue weighted by atomic mass is 10.0. The number of nitrogens with zero attached hydrogens (tertiary/aromatic N) is 2. The Kier molecular flexibility index (Phi) is 4.17. The average molecular weight is 428 g/mol. The zero-order valence-corrected chi connectivity index (χ0v) is 17.5. The number of fused-ring (bicyclic) bond motifs is 1. The van der Waals surface area contributed by atoms with Crippen molar-refractivity contribution in [1.82, 2.24) is 10.1 Å². The van der Waals surface area contributed by atoms with Crippen molar-refractivity contribution in [3.05, 3.63) is 76.7 Å². The van der Waals surface area contributed by atoms with Gasteiger partial charge in [-0.25, -0.2) is 17.9 Å². The Morgan fingerprint density at radius 1 is 1.13 bits per heavy atom. The van der Waals surface area contributed by atoms with Gasteiger partial charge in [0.05, 0.1) is 10.8 Å². The highest BCUT2D eigenvalue weighted by Crippen LogP contribution is 2.69. The highest BCUT2D eigenvalue weighted by Gasteiger charge is 2.61. The SMILES string of the molecule is CC1(C)C(c2ccc(S(N)(=O)=O)cc2)C1c1noc(C2CCc3cc(F)ccc32)n1. The van der Waals surface area contributed by atoms with E-state index in [9.17, 15) is 12.8 Å². The summed E-state index contributed by atoms with van der Waals surface area (Å²) >= 11 is 0. The summed E-state index contributed by atoms with van der Waals surface area (Å²) in [4.78, 5) is 4.81. The molecule has 3 unspecified atom stereocenters. The molecule has 6 nitrogen and oxygen atoms in total. The predicted octanol–water partition coefficient (Wildman–Crippen LogP) is 3.84. The van der Waals surface area contributed by atoms with Gasteiger partial charge >= 0.3 is 0 Å². The number of rotatable bonds is 4. The fourth-order valence-electron chi connectivity index (χ4n) is 4.96. The summed E-state index contributed by atoms with van der Waals surface area (Å²) in [6, 6.07) is 11.5. The molecule has 1 saturated carbocycles. The first kappa shape index (κ1) is 19.4. The van der Waals surface area contributed by atoms with Crippen LogP contribution in [-0.2, 0) is 16.4 Å². The van der Waals surface area contributed by atoms with Gasteiger partial charge in [-0.15, -0.1) is 0 Å². The number of hydrogen-bond acceptors (Lipinski definition) is 5. The number of hydrogen-bond donors (Lipinski definition) is 1. The van der Waals surface area contributed by atoms with Crippen LogP contribution in [0.5, 0.6) is 0 Å². The molecule has 0 saturated heterocycles.